The van der Waals surface area contributed by atoms with Gasteiger partial charge in [0.05, 0.1) is 33.0 Å². The molecule has 1 saturated carbocycles. The minimum atomic E-state index is -0.928. The van der Waals surface area contributed by atoms with Gasteiger partial charge in [-0.25, -0.2) is 4.79 Å². The fourth-order valence-corrected chi connectivity index (χ4v) is 2.42. The van der Waals surface area contributed by atoms with Crippen LogP contribution in [-0.4, -0.2) is 63.4 Å². The summed E-state index contributed by atoms with van der Waals surface area (Å²) in [5.74, 6) is 0.532. The second-order valence-electron chi connectivity index (χ2n) is 5.26. The molecule has 0 spiro atoms. The van der Waals surface area contributed by atoms with Crippen molar-refractivity contribution < 1.29 is 24.1 Å². The zero-order chi connectivity index (χ0) is 15.3. The quantitative estimate of drug-likeness (QED) is 0.488. The highest BCUT2D eigenvalue weighted by Gasteiger charge is 2.22. The highest BCUT2D eigenvalue weighted by atomic mass is 16.5. The molecular formula is C14H28N2O5. The Bertz CT molecular complexity index is 270. The largest absolute Gasteiger partial charge is 0.465 e. The first-order chi connectivity index (χ1) is 10.2. The maximum Gasteiger partial charge on any atom is 0.404 e. The summed E-state index contributed by atoms with van der Waals surface area (Å²) in [7, 11) is 0. The van der Waals surface area contributed by atoms with Crippen molar-refractivity contribution in [2.45, 2.75) is 31.7 Å². The molecule has 0 bridgehead atoms. The van der Waals surface area contributed by atoms with Crippen molar-refractivity contribution in [1.29, 1.82) is 0 Å². The van der Waals surface area contributed by atoms with Crippen molar-refractivity contribution in [1.82, 2.24) is 5.32 Å². The highest BCUT2D eigenvalue weighted by molar-refractivity contribution is 5.64. The van der Waals surface area contributed by atoms with Gasteiger partial charge in [-0.1, -0.05) is 0 Å². The number of nitrogens with two attached hydrogens (primary N) is 1. The van der Waals surface area contributed by atoms with E-state index in [4.69, 9.17) is 25.1 Å². The molecule has 0 atom stereocenters. The number of ether oxygens (including phenoxy) is 3. The molecular weight excluding hydrogens is 276 g/mol. The Hall–Kier alpha value is -0.890. The van der Waals surface area contributed by atoms with Crippen molar-refractivity contribution in [2.75, 3.05) is 46.2 Å². The van der Waals surface area contributed by atoms with Crippen LogP contribution >= 0.6 is 0 Å². The van der Waals surface area contributed by atoms with Gasteiger partial charge in [-0.2, -0.15) is 0 Å². The Balaban J connectivity index is 1.87. The Morgan fingerprint density at radius 3 is 2.14 bits per heavy atom. The van der Waals surface area contributed by atoms with Gasteiger partial charge in [0.15, 0.2) is 0 Å². The van der Waals surface area contributed by atoms with Crippen molar-refractivity contribution >= 4 is 6.09 Å². The Morgan fingerprint density at radius 2 is 1.57 bits per heavy atom. The summed E-state index contributed by atoms with van der Waals surface area (Å²) in [6, 6.07) is 0.107. The highest BCUT2D eigenvalue weighted by Crippen LogP contribution is 2.24. The number of rotatable bonds is 11. The third-order valence-electron chi connectivity index (χ3n) is 3.53. The number of amides is 1. The monoisotopic (exact) mass is 304 g/mol. The van der Waals surface area contributed by atoms with E-state index in [1.165, 1.54) is 0 Å². The van der Waals surface area contributed by atoms with Gasteiger partial charge in [0.1, 0.15) is 0 Å². The normalized spacial score (nSPS) is 22.1. The average Bonchev–Trinajstić information content (AvgIpc) is 2.47. The molecule has 0 unspecified atom stereocenters. The van der Waals surface area contributed by atoms with Crippen LogP contribution in [0.5, 0.6) is 0 Å². The van der Waals surface area contributed by atoms with Crippen LogP contribution in [0.4, 0.5) is 4.79 Å². The first-order valence-corrected chi connectivity index (χ1v) is 7.65. The molecule has 0 aliphatic heterocycles. The molecule has 1 aliphatic carbocycles. The summed E-state index contributed by atoms with van der Waals surface area (Å²) in [4.78, 5) is 10.5. The van der Waals surface area contributed by atoms with Crippen LogP contribution < -0.4 is 11.1 Å². The van der Waals surface area contributed by atoms with E-state index in [2.05, 4.69) is 5.32 Å². The lowest BCUT2D eigenvalue weighted by atomic mass is 9.86. The first-order valence-electron chi connectivity index (χ1n) is 7.65. The number of carboxylic acid groups (broad SMARTS) is 1. The van der Waals surface area contributed by atoms with E-state index >= 15 is 0 Å². The SMILES string of the molecule is NCCOCCOCCOCC1CCC(NC(=O)O)CC1. The van der Waals surface area contributed by atoms with Crippen LogP contribution in [0.2, 0.25) is 0 Å². The molecule has 0 aromatic rings. The maximum absolute atomic E-state index is 10.5. The number of hydrogen-bond acceptors (Lipinski definition) is 5. The fraction of sp³-hybridized carbons (Fsp3) is 0.929. The minimum absolute atomic E-state index is 0.107. The van der Waals surface area contributed by atoms with E-state index in [-0.39, 0.29) is 6.04 Å². The minimum Gasteiger partial charge on any atom is -0.465 e. The Morgan fingerprint density at radius 1 is 1.00 bits per heavy atom. The molecule has 1 rings (SSSR count). The zero-order valence-electron chi connectivity index (χ0n) is 12.6. The number of hydrogen-bond donors (Lipinski definition) is 3. The fourth-order valence-electron chi connectivity index (χ4n) is 2.42. The molecule has 7 nitrogen and oxygen atoms in total. The smallest absolute Gasteiger partial charge is 0.404 e. The predicted octanol–water partition coefficient (Wildman–Crippen LogP) is 0.821. The summed E-state index contributed by atoms with van der Waals surface area (Å²) in [5.41, 5.74) is 5.29. The average molecular weight is 304 g/mol. The van der Waals surface area contributed by atoms with Crippen molar-refractivity contribution in [3.8, 4) is 0 Å². The first kappa shape index (κ1) is 18.2. The van der Waals surface area contributed by atoms with Crippen LogP contribution in [0.25, 0.3) is 0 Å². The molecule has 21 heavy (non-hydrogen) atoms. The van der Waals surface area contributed by atoms with Crippen LogP contribution in [0.15, 0.2) is 0 Å². The van der Waals surface area contributed by atoms with Crippen LogP contribution in [0.3, 0.4) is 0 Å². The topological polar surface area (TPSA) is 103 Å². The van der Waals surface area contributed by atoms with E-state index in [9.17, 15) is 4.79 Å². The van der Waals surface area contributed by atoms with Crippen molar-refractivity contribution in [3.05, 3.63) is 0 Å². The molecule has 124 valence electrons. The van der Waals surface area contributed by atoms with Gasteiger partial charge in [0, 0.05) is 19.2 Å². The molecule has 0 aromatic carbocycles. The number of nitrogens with one attached hydrogen (secondary N) is 1. The van der Waals surface area contributed by atoms with Crippen molar-refractivity contribution in [3.63, 3.8) is 0 Å². The van der Waals surface area contributed by atoms with Crippen LogP contribution in [0, 0.1) is 5.92 Å². The van der Waals surface area contributed by atoms with Gasteiger partial charge in [-0.05, 0) is 31.6 Å². The molecule has 0 heterocycles. The van der Waals surface area contributed by atoms with Crippen LogP contribution in [0.1, 0.15) is 25.7 Å². The van der Waals surface area contributed by atoms with E-state index in [0.29, 0.717) is 45.5 Å². The van der Waals surface area contributed by atoms with Gasteiger partial charge in [0.2, 0.25) is 0 Å². The molecule has 1 fully saturated rings. The van der Waals surface area contributed by atoms with E-state index in [1.54, 1.807) is 0 Å². The summed E-state index contributed by atoms with van der Waals surface area (Å²) in [5, 5.41) is 11.2. The third-order valence-corrected chi connectivity index (χ3v) is 3.53. The van der Waals surface area contributed by atoms with E-state index in [1.807, 2.05) is 0 Å². The Kier molecular flexibility index (Phi) is 10.1. The lowest BCUT2D eigenvalue weighted by Gasteiger charge is -2.28. The van der Waals surface area contributed by atoms with Gasteiger partial charge in [0.25, 0.3) is 0 Å². The molecule has 1 aliphatic rings. The molecule has 4 N–H and O–H groups in total. The van der Waals surface area contributed by atoms with Gasteiger partial charge >= 0.3 is 6.09 Å². The molecule has 0 radical (unpaired) electrons. The summed E-state index contributed by atoms with van der Waals surface area (Å²) < 4.78 is 16.1. The van der Waals surface area contributed by atoms with Crippen LogP contribution in [-0.2, 0) is 14.2 Å². The van der Waals surface area contributed by atoms with Crippen molar-refractivity contribution in [2.24, 2.45) is 11.7 Å². The Labute approximate surface area is 126 Å². The number of carbonyl (C=O) groups is 1. The zero-order valence-corrected chi connectivity index (χ0v) is 12.6. The molecule has 1 amide bonds. The molecule has 0 aromatic heterocycles. The summed E-state index contributed by atoms with van der Waals surface area (Å²) in [6.45, 7) is 4.12. The second-order valence-corrected chi connectivity index (χ2v) is 5.26. The lowest BCUT2D eigenvalue weighted by Crippen LogP contribution is -2.37. The standard InChI is InChI=1S/C14H28N2O5/c15-5-6-19-7-8-20-9-10-21-11-12-1-3-13(4-2-12)16-14(17)18/h12-13,16H,1-11,15H2,(H,17,18). The lowest BCUT2D eigenvalue weighted by molar-refractivity contribution is 0.00476. The summed E-state index contributed by atoms with van der Waals surface area (Å²) >= 11 is 0. The van der Waals surface area contributed by atoms with E-state index in [0.717, 1.165) is 32.3 Å². The second kappa shape index (κ2) is 11.7. The predicted molar refractivity (Wildman–Crippen MR) is 78.4 cm³/mol. The van der Waals surface area contributed by atoms with E-state index < -0.39 is 6.09 Å². The maximum atomic E-state index is 10.5. The van der Waals surface area contributed by atoms with Gasteiger partial charge in [-0.3, -0.25) is 0 Å². The molecule has 7 heteroatoms. The summed E-state index contributed by atoms with van der Waals surface area (Å²) in [6.07, 6.45) is 2.89. The van der Waals surface area contributed by atoms with Gasteiger partial charge in [-0.15, -0.1) is 0 Å². The van der Waals surface area contributed by atoms with Gasteiger partial charge < -0.3 is 30.4 Å². The third kappa shape index (κ3) is 9.62. The molecule has 0 saturated heterocycles.